The van der Waals surface area contributed by atoms with Crippen LogP contribution < -0.4 is 4.74 Å². The number of tetrazole rings is 1. The van der Waals surface area contributed by atoms with E-state index in [9.17, 15) is 0 Å². The molecule has 0 bridgehead atoms. The van der Waals surface area contributed by atoms with Crippen LogP contribution in [0.5, 0.6) is 5.75 Å². The molecule has 3 aromatic rings. The van der Waals surface area contributed by atoms with Crippen LogP contribution in [0.3, 0.4) is 0 Å². The number of para-hydroxylation sites is 2. The van der Waals surface area contributed by atoms with Crippen LogP contribution in [0.2, 0.25) is 0 Å². The van der Waals surface area contributed by atoms with Crippen molar-refractivity contribution in [3.05, 3.63) is 59.7 Å². The Kier molecular flexibility index (Phi) is 4.54. The monoisotopic (exact) mass is 323 g/mol. The van der Waals surface area contributed by atoms with E-state index in [0.717, 1.165) is 11.3 Å². The van der Waals surface area contributed by atoms with Crippen LogP contribution in [0.1, 0.15) is 11.1 Å². The smallest absolute Gasteiger partial charge is 0.214 e. The third-order valence-electron chi connectivity index (χ3n) is 3.18. The van der Waals surface area contributed by atoms with Crippen LogP contribution in [-0.2, 0) is 5.75 Å². The molecule has 0 radical (unpaired) electrons. The predicted octanol–water partition coefficient (Wildman–Crippen LogP) is 2.83. The molecule has 114 valence electrons. The molecular formula is C16H13N5OS. The first-order valence-corrected chi connectivity index (χ1v) is 7.84. The molecule has 0 amide bonds. The van der Waals surface area contributed by atoms with Crippen LogP contribution in [-0.4, -0.2) is 27.3 Å². The van der Waals surface area contributed by atoms with E-state index in [0.29, 0.717) is 22.2 Å². The number of rotatable bonds is 5. The Morgan fingerprint density at radius 2 is 2.09 bits per heavy atom. The topological polar surface area (TPSA) is 76.6 Å². The number of hydrogen-bond donors (Lipinski definition) is 0. The van der Waals surface area contributed by atoms with E-state index in [4.69, 9.17) is 10.00 Å². The summed E-state index contributed by atoms with van der Waals surface area (Å²) >= 11 is 1.50. The summed E-state index contributed by atoms with van der Waals surface area (Å²) in [5, 5.41) is 21.5. The van der Waals surface area contributed by atoms with E-state index in [1.807, 2.05) is 42.5 Å². The number of thioether (sulfide) groups is 1. The van der Waals surface area contributed by atoms with Gasteiger partial charge in [-0.25, -0.2) is 0 Å². The van der Waals surface area contributed by atoms with Gasteiger partial charge in [0.05, 0.1) is 18.7 Å². The number of ether oxygens (including phenoxy) is 1. The lowest BCUT2D eigenvalue weighted by atomic mass is 10.2. The molecule has 23 heavy (non-hydrogen) atoms. The molecule has 0 unspecified atom stereocenters. The Morgan fingerprint density at radius 3 is 2.91 bits per heavy atom. The average molecular weight is 323 g/mol. The summed E-state index contributed by atoms with van der Waals surface area (Å²) in [6.45, 7) is 0. The van der Waals surface area contributed by atoms with Gasteiger partial charge in [0.1, 0.15) is 11.4 Å². The van der Waals surface area contributed by atoms with Crippen molar-refractivity contribution in [1.29, 1.82) is 5.26 Å². The third kappa shape index (κ3) is 3.33. The summed E-state index contributed by atoms with van der Waals surface area (Å²) in [5.74, 6) is 1.37. The van der Waals surface area contributed by atoms with Gasteiger partial charge in [0.2, 0.25) is 5.16 Å². The molecule has 0 aliphatic heterocycles. The third-order valence-corrected chi connectivity index (χ3v) is 4.17. The first-order chi connectivity index (χ1) is 11.3. The molecule has 7 heteroatoms. The number of methoxy groups -OCH3 is 1. The van der Waals surface area contributed by atoms with Crippen LogP contribution in [0.25, 0.3) is 5.69 Å². The summed E-state index contributed by atoms with van der Waals surface area (Å²) in [7, 11) is 1.61. The van der Waals surface area contributed by atoms with E-state index in [1.54, 1.807) is 17.9 Å². The zero-order valence-corrected chi connectivity index (χ0v) is 13.2. The minimum atomic E-state index is 0.646. The second-order valence-electron chi connectivity index (χ2n) is 4.65. The highest BCUT2D eigenvalue weighted by atomic mass is 32.2. The quantitative estimate of drug-likeness (QED) is 0.672. The van der Waals surface area contributed by atoms with Gasteiger partial charge in [-0.3, -0.25) is 0 Å². The van der Waals surface area contributed by atoms with Crippen LogP contribution in [0, 0.1) is 11.3 Å². The molecule has 0 aliphatic carbocycles. The second kappa shape index (κ2) is 6.94. The summed E-state index contributed by atoms with van der Waals surface area (Å²) in [6, 6.07) is 17.2. The molecule has 6 nitrogen and oxygen atoms in total. The van der Waals surface area contributed by atoms with Gasteiger partial charge in [0, 0.05) is 5.75 Å². The molecule has 0 atom stereocenters. The van der Waals surface area contributed by atoms with E-state index < -0.39 is 0 Å². The average Bonchev–Trinajstić information content (AvgIpc) is 3.08. The molecule has 0 aliphatic rings. The molecule has 1 heterocycles. The first kappa shape index (κ1) is 15.1. The number of nitriles is 1. The minimum absolute atomic E-state index is 0.646. The fraction of sp³-hybridized carbons (Fsp3) is 0.125. The lowest BCUT2D eigenvalue weighted by Gasteiger charge is -2.09. The Bertz CT molecular complexity index is 855. The fourth-order valence-corrected chi connectivity index (χ4v) is 2.93. The van der Waals surface area contributed by atoms with Crippen molar-refractivity contribution in [1.82, 2.24) is 20.2 Å². The lowest BCUT2D eigenvalue weighted by molar-refractivity contribution is 0.410. The maximum absolute atomic E-state index is 8.96. The summed E-state index contributed by atoms with van der Waals surface area (Å²) in [6.07, 6.45) is 0. The van der Waals surface area contributed by atoms with Crippen LogP contribution in [0.15, 0.2) is 53.7 Å². The van der Waals surface area contributed by atoms with Crippen LogP contribution >= 0.6 is 11.8 Å². The molecule has 3 rings (SSSR count). The number of hydrogen-bond acceptors (Lipinski definition) is 6. The van der Waals surface area contributed by atoms with Gasteiger partial charge in [0.15, 0.2) is 0 Å². The van der Waals surface area contributed by atoms with E-state index >= 15 is 0 Å². The zero-order valence-electron chi connectivity index (χ0n) is 12.4. The van der Waals surface area contributed by atoms with Gasteiger partial charge in [-0.2, -0.15) is 9.94 Å². The molecular weight excluding hydrogens is 310 g/mol. The highest BCUT2D eigenvalue weighted by Gasteiger charge is 2.13. The van der Waals surface area contributed by atoms with Gasteiger partial charge in [0.25, 0.3) is 0 Å². The largest absolute Gasteiger partial charge is 0.494 e. The molecule has 0 saturated heterocycles. The minimum Gasteiger partial charge on any atom is -0.494 e. The van der Waals surface area contributed by atoms with E-state index in [1.165, 1.54) is 11.8 Å². The maximum atomic E-state index is 8.96. The fourth-order valence-electron chi connectivity index (χ4n) is 2.10. The predicted molar refractivity (Wildman–Crippen MR) is 86.4 cm³/mol. The van der Waals surface area contributed by atoms with E-state index in [2.05, 4.69) is 21.6 Å². The highest BCUT2D eigenvalue weighted by Crippen LogP contribution is 2.27. The van der Waals surface area contributed by atoms with Crippen molar-refractivity contribution in [2.24, 2.45) is 0 Å². The maximum Gasteiger partial charge on any atom is 0.214 e. The SMILES string of the molecule is COc1ccccc1-n1nnnc1SCc1cccc(C#N)c1. The van der Waals surface area contributed by atoms with Crippen LogP contribution in [0.4, 0.5) is 0 Å². The Labute approximate surface area is 137 Å². The van der Waals surface area contributed by atoms with Crippen molar-refractivity contribution in [2.45, 2.75) is 10.9 Å². The van der Waals surface area contributed by atoms with Crippen molar-refractivity contribution < 1.29 is 4.74 Å². The standard InChI is InChI=1S/C16H13N5OS/c1-22-15-8-3-2-7-14(15)21-16(18-19-20-21)23-11-13-6-4-5-12(9-13)10-17/h2-9H,11H2,1H3. The number of aromatic nitrogens is 4. The summed E-state index contributed by atoms with van der Waals surface area (Å²) in [4.78, 5) is 0. The Morgan fingerprint density at radius 1 is 1.22 bits per heavy atom. The Hall–Kier alpha value is -2.85. The van der Waals surface area contributed by atoms with Crippen molar-refractivity contribution in [2.75, 3.05) is 7.11 Å². The number of benzene rings is 2. The van der Waals surface area contributed by atoms with Gasteiger partial charge in [-0.15, -0.1) is 5.10 Å². The zero-order chi connectivity index (χ0) is 16.1. The first-order valence-electron chi connectivity index (χ1n) is 6.85. The lowest BCUT2D eigenvalue weighted by Crippen LogP contribution is -2.01. The van der Waals surface area contributed by atoms with Crippen molar-refractivity contribution >= 4 is 11.8 Å². The highest BCUT2D eigenvalue weighted by molar-refractivity contribution is 7.98. The van der Waals surface area contributed by atoms with Gasteiger partial charge in [-0.05, 0) is 40.3 Å². The molecule has 0 fully saturated rings. The van der Waals surface area contributed by atoms with E-state index in [-0.39, 0.29) is 0 Å². The molecule has 2 aromatic carbocycles. The number of nitrogens with zero attached hydrogens (tertiary/aromatic N) is 5. The molecule has 0 N–H and O–H groups in total. The van der Waals surface area contributed by atoms with Gasteiger partial charge >= 0.3 is 0 Å². The van der Waals surface area contributed by atoms with Gasteiger partial charge < -0.3 is 4.74 Å². The summed E-state index contributed by atoms with van der Waals surface area (Å²) in [5.41, 5.74) is 2.48. The summed E-state index contributed by atoms with van der Waals surface area (Å²) < 4.78 is 7.01. The normalized spacial score (nSPS) is 10.3. The second-order valence-corrected chi connectivity index (χ2v) is 5.59. The molecule has 0 spiro atoms. The molecule has 0 saturated carbocycles. The molecule has 1 aromatic heterocycles. The van der Waals surface area contributed by atoms with Crippen molar-refractivity contribution in [3.8, 4) is 17.5 Å². The van der Waals surface area contributed by atoms with Crippen molar-refractivity contribution in [3.63, 3.8) is 0 Å². The Balaban J connectivity index is 1.83. The van der Waals surface area contributed by atoms with Gasteiger partial charge in [-0.1, -0.05) is 36.0 Å².